The van der Waals surface area contributed by atoms with E-state index in [0.29, 0.717) is 0 Å². The highest BCUT2D eigenvalue weighted by atomic mass is 35.5. The van der Waals surface area contributed by atoms with E-state index in [-0.39, 0.29) is 11.8 Å². The number of hydrazone groups is 1. The molecule has 0 radical (unpaired) electrons. The van der Waals surface area contributed by atoms with Gasteiger partial charge in [-0.25, -0.2) is 5.01 Å². The van der Waals surface area contributed by atoms with Crippen molar-refractivity contribution in [1.82, 2.24) is 5.01 Å². The summed E-state index contributed by atoms with van der Waals surface area (Å²) in [5, 5.41) is 8.07. The molecule has 2 aromatic rings. The number of nitrogens with one attached hydrogen (secondary N) is 1. The third-order valence-corrected chi connectivity index (χ3v) is 6.50. The Labute approximate surface area is 170 Å². The zero-order valence-corrected chi connectivity index (χ0v) is 17.0. The number of fused-ring (bicyclic) bond motifs is 4. The van der Waals surface area contributed by atoms with Crippen LogP contribution in [0.4, 0.5) is 0 Å². The number of rotatable bonds is 2. The van der Waals surface area contributed by atoms with Crippen LogP contribution < -0.4 is 14.4 Å². The van der Waals surface area contributed by atoms with Crippen molar-refractivity contribution >= 4 is 17.3 Å². The Morgan fingerprint density at radius 2 is 1.93 bits per heavy atom. The van der Waals surface area contributed by atoms with Crippen molar-refractivity contribution in [2.75, 3.05) is 27.2 Å². The molecule has 28 heavy (non-hydrogen) atoms. The molecule has 2 aromatic carbocycles. The SMILES string of the molecule is COc1ccc(C2=NN3[C@H](C2)c2cc(Cl)ccc2OC32CC[NH+](C)CC2)cc1. The average Bonchev–Trinajstić information content (AvgIpc) is 3.18. The van der Waals surface area contributed by atoms with E-state index in [4.69, 9.17) is 26.2 Å². The summed E-state index contributed by atoms with van der Waals surface area (Å²) in [7, 11) is 3.93. The lowest BCUT2D eigenvalue weighted by atomic mass is 9.91. The van der Waals surface area contributed by atoms with Gasteiger partial charge in [0.15, 0.2) is 0 Å². The second kappa shape index (κ2) is 6.68. The maximum Gasteiger partial charge on any atom is 0.208 e. The third kappa shape index (κ3) is 2.85. The van der Waals surface area contributed by atoms with Crippen molar-refractivity contribution in [3.63, 3.8) is 0 Å². The van der Waals surface area contributed by atoms with Gasteiger partial charge in [0.25, 0.3) is 0 Å². The molecule has 146 valence electrons. The summed E-state index contributed by atoms with van der Waals surface area (Å²) in [5.41, 5.74) is 3.00. The topological polar surface area (TPSA) is 38.5 Å². The Morgan fingerprint density at radius 1 is 1.18 bits per heavy atom. The van der Waals surface area contributed by atoms with Crippen LogP contribution in [0.3, 0.4) is 0 Å². The molecule has 1 atom stereocenters. The largest absolute Gasteiger partial charge is 0.497 e. The van der Waals surface area contributed by atoms with Crippen LogP contribution in [0.25, 0.3) is 0 Å². The van der Waals surface area contributed by atoms with Crippen LogP contribution in [-0.2, 0) is 0 Å². The van der Waals surface area contributed by atoms with Gasteiger partial charge in [-0.05, 0) is 48.0 Å². The van der Waals surface area contributed by atoms with Crippen molar-refractivity contribution in [2.24, 2.45) is 5.10 Å². The van der Waals surface area contributed by atoms with Crippen LogP contribution in [-0.4, -0.2) is 43.7 Å². The van der Waals surface area contributed by atoms with Gasteiger partial charge in [0.1, 0.15) is 11.5 Å². The predicted octanol–water partition coefficient (Wildman–Crippen LogP) is 2.90. The molecule has 6 heteroatoms. The number of quaternary nitrogens is 1. The first-order valence-electron chi connectivity index (χ1n) is 9.89. The number of halogens is 1. The lowest BCUT2D eigenvalue weighted by Crippen LogP contribution is -3.11. The molecule has 1 saturated heterocycles. The standard InChI is InChI=1S/C22H24ClN3O2/c1-25-11-9-22(10-12-25)26-20(18-13-16(23)5-8-21(18)28-22)14-19(24-26)15-3-6-17(27-2)7-4-15/h3-8,13,20H,9-12,14H2,1-2H3/p+1/t20-/m1/s1. The van der Waals surface area contributed by atoms with Crippen LogP contribution in [0.1, 0.15) is 36.4 Å². The van der Waals surface area contributed by atoms with Crippen LogP contribution in [0.5, 0.6) is 11.5 Å². The monoisotopic (exact) mass is 398 g/mol. The summed E-state index contributed by atoms with van der Waals surface area (Å²) in [6, 6.07) is 14.3. The fraction of sp³-hybridized carbons (Fsp3) is 0.409. The van der Waals surface area contributed by atoms with E-state index in [1.807, 2.05) is 30.3 Å². The van der Waals surface area contributed by atoms with E-state index >= 15 is 0 Å². The zero-order valence-electron chi connectivity index (χ0n) is 16.2. The third-order valence-electron chi connectivity index (χ3n) is 6.27. The number of hydrogen-bond donors (Lipinski definition) is 1. The molecule has 3 heterocycles. The molecule has 0 aliphatic carbocycles. The number of benzene rings is 2. The van der Waals surface area contributed by atoms with E-state index in [2.05, 4.69) is 24.2 Å². The molecule has 5 nitrogen and oxygen atoms in total. The minimum absolute atomic E-state index is 0.165. The fourth-order valence-corrected chi connectivity index (χ4v) is 4.79. The second-order valence-corrected chi connectivity index (χ2v) is 8.46. The average molecular weight is 399 g/mol. The summed E-state index contributed by atoms with van der Waals surface area (Å²) >= 11 is 6.32. The van der Waals surface area contributed by atoms with Gasteiger partial charge in [0.2, 0.25) is 5.72 Å². The van der Waals surface area contributed by atoms with Crippen molar-refractivity contribution in [3.05, 3.63) is 58.6 Å². The van der Waals surface area contributed by atoms with Gasteiger partial charge in [-0.1, -0.05) is 11.6 Å². The smallest absolute Gasteiger partial charge is 0.208 e. The molecule has 0 unspecified atom stereocenters. The Morgan fingerprint density at radius 3 is 2.64 bits per heavy atom. The molecular weight excluding hydrogens is 374 g/mol. The van der Waals surface area contributed by atoms with Crippen LogP contribution in [0.2, 0.25) is 5.02 Å². The van der Waals surface area contributed by atoms with Crippen molar-refractivity contribution in [3.8, 4) is 11.5 Å². The molecule has 1 fully saturated rings. The van der Waals surface area contributed by atoms with Gasteiger partial charge in [-0.2, -0.15) is 5.10 Å². The summed E-state index contributed by atoms with van der Waals surface area (Å²) in [6.07, 6.45) is 2.79. The number of likely N-dealkylation sites (tertiary alicyclic amines) is 1. The van der Waals surface area contributed by atoms with Crippen molar-refractivity contribution in [2.45, 2.75) is 31.0 Å². The summed E-state index contributed by atoms with van der Waals surface area (Å²) in [4.78, 5) is 1.55. The lowest BCUT2D eigenvalue weighted by Gasteiger charge is -2.49. The minimum atomic E-state index is -0.362. The highest BCUT2D eigenvalue weighted by Crippen LogP contribution is 2.49. The molecule has 0 saturated carbocycles. The van der Waals surface area contributed by atoms with Gasteiger partial charge >= 0.3 is 0 Å². The number of nitrogens with zero attached hydrogens (tertiary/aromatic N) is 2. The van der Waals surface area contributed by atoms with E-state index in [1.165, 1.54) is 0 Å². The quantitative estimate of drug-likeness (QED) is 0.845. The summed E-state index contributed by atoms with van der Waals surface area (Å²) < 4.78 is 11.9. The van der Waals surface area contributed by atoms with Crippen molar-refractivity contribution in [1.29, 1.82) is 0 Å². The molecule has 0 bridgehead atoms. The fourth-order valence-electron chi connectivity index (χ4n) is 4.61. The van der Waals surface area contributed by atoms with Crippen LogP contribution in [0, 0.1) is 0 Å². The lowest BCUT2D eigenvalue weighted by molar-refractivity contribution is -0.888. The maximum absolute atomic E-state index is 6.63. The second-order valence-electron chi connectivity index (χ2n) is 8.03. The molecule has 0 aromatic heterocycles. The minimum Gasteiger partial charge on any atom is -0.497 e. The van der Waals surface area contributed by atoms with Crippen molar-refractivity contribution < 1.29 is 14.4 Å². The van der Waals surface area contributed by atoms with Crippen LogP contribution >= 0.6 is 11.6 Å². The molecular formula is C22H25ClN3O2+. The molecule has 0 amide bonds. The highest BCUT2D eigenvalue weighted by Gasteiger charge is 2.52. The number of piperidine rings is 1. The van der Waals surface area contributed by atoms with E-state index < -0.39 is 0 Å². The molecule has 1 N–H and O–H groups in total. The first-order valence-corrected chi connectivity index (χ1v) is 10.3. The van der Waals surface area contributed by atoms with Gasteiger partial charge in [0.05, 0.1) is 51.8 Å². The Balaban J connectivity index is 1.56. The molecule has 3 aliphatic heterocycles. The summed E-state index contributed by atoms with van der Waals surface area (Å²) in [5.74, 6) is 1.81. The van der Waals surface area contributed by atoms with Gasteiger partial charge in [0, 0.05) is 17.0 Å². The van der Waals surface area contributed by atoms with E-state index in [0.717, 1.165) is 65.7 Å². The first-order chi connectivity index (χ1) is 13.6. The number of ether oxygens (including phenoxy) is 2. The zero-order chi connectivity index (χ0) is 19.3. The Kier molecular flexibility index (Phi) is 4.25. The number of methoxy groups -OCH3 is 1. The van der Waals surface area contributed by atoms with Gasteiger partial charge in [-0.3, -0.25) is 0 Å². The van der Waals surface area contributed by atoms with E-state index in [1.54, 1.807) is 12.0 Å². The maximum atomic E-state index is 6.63. The first kappa shape index (κ1) is 17.8. The molecule has 5 rings (SSSR count). The predicted molar refractivity (Wildman–Crippen MR) is 109 cm³/mol. The Hall–Kier alpha value is -2.24. The molecule has 1 spiro atoms. The highest BCUT2D eigenvalue weighted by molar-refractivity contribution is 6.30. The molecule has 3 aliphatic rings. The number of hydrogen-bond acceptors (Lipinski definition) is 4. The van der Waals surface area contributed by atoms with Gasteiger partial charge < -0.3 is 14.4 Å². The van der Waals surface area contributed by atoms with Crippen LogP contribution in [0.15, 0.2) is 47.6 Å². The Bertz CT molecular complexity index is 920. The van der Waals surface area contributed by atoms with Gasteiger partial charge in [-0.15, -0.1) is 0 Å². The normalized spacial score (nSPS) is 28.4. The van der Waals surface area contributed by atoms with E-state index in [9.17, 15) is 0 Å². The summed E-state index contributed by atoms with van der Waals surface area (Å²) in [6.45, 7) is 2.17.